The van der Waals surface area contributed by atoms with Gasteiger partial charge < -0.3 is 14.6 Å². The molecule has 0 aliphatic carbocycles. The van der Waals surface area contributed by atoms with E-state index in [2.05, 4.69) is 0 Å². The van der Waals surface area contributed by atoms with E-state index in [1.807, 2.05) is 0 Å². The van der Waals surface area contributed by atoms with Crippen molar-refractivity contribution in [1.82, 2.24) is 0 Å². The van der Waals surface area contributed by atoms with Gasteiger partial charge in [0.25, 0.3) is 0 Å². The van der Waals surface area contributed by atoms with Crippen LogP contribution in [0.4, 0.5) is 0 Å². The number of aldehydes is 1. The zero-order chi connectivity index (χ0) is 11.0. The van der Waals surface area contributed by atoms with Gasteiger partial charge in [-0.3, -0.25) is 4.79 Å². The van der Waals surface area contributed by atoms with Crippen LogP contribution in [-0.4, -0.2) is 29.6 Å². The molecule has 0 aromatic carbocycles. The Balaban J connectivity index is 4.21. The first-order valence-corrected chi connectivity index (χ1v) is 4.84. The second-order valence-electron chi connectivity index (χ2n) is 3.48. The third-order valence-electron chi connectivity index (χ3n) is 2.03. The average molecular weight is 202 g/mol. The van der Waals surface area contributed by atoms with Gasteiger partial charge in [-0.2, -0.15) is 0 Å². The summed E-state index contributed by atoms with van der Waals surface area (Å²) in [6, 6.07) is 0. The molecule has 0 aromatic rings. The molecule has 0 bridgehead atoms. The van der Waals surface area contributed by atoms with Crippen LogP contribution in [0.25, 0.3) is 0 Å². The summed E-state index contributed by atoms with van der Waals surface area (Å²) < 4.78 is 5.15. The molecule has 14 heavy (non-hydrogen) atoms. The van der Waals surface area contributed by atoms with Crippen molar-refractivity contribution >= 4 is 12.3 Å². The predicted molar refractivity (Wildman–Crippen MR) is 51.8 cm³/mol. The molecule has 82 valence electrons. The molecule has 0 fully saturated rings. The molecule has 0 amide bonds. The van der Waals surface area contributed by atoms with Crippen molar-refractivity contribution in [2.75, 3.05) is 6.61 Å². The van der Waals surface area contributed by atoms with Crippen molar-refractivity contribution in [3.8, 4) is 0 Å². The molecule has 0 heterocycles. The summed E-state index contributed by atoms with van der Waals surface area (Å²) in [5.41, 5.74) is -0.752. The molecule has 4 nitrogen and oxygen atoms in total. The Kier molecular flexibility index (Phi) is 6.12. The number of carbonyl (C=O) groups is 2. The molecule has 4 heteroatoms. The SMILES string of the molecule is CCC(=O)OC(C)(CC=O)CCCO. The topological polar surface area (TPSA) is 63.6 Å². The van der Waals surface area contributed by atoms with Crippen LogP contribution in [0.3, 0.4) is 0 Å². The molecule has 0 spiro atoms. The number of rotatable bonds is 7. The number of hydrogen-bond donors (Lipinski definition) is 1. The van der Waals surface area contributed by atoms with E-state index in [1.54, 1.807) is 13.8 Å². The van der Waals surface area contributed by atoms with Gasteiger partial charge >= 0.3 is 5.97 Å². The standard InChI is InChI=1S/C10H18O4/c1-3-9(13)14-10(2,6-8-12)5-4-7-11/h8,11H,3-7H2,1-2H3. The Morgan fingerprint density at radius 2 is 2.21 bits per heavy atom. The lowest BCUT2D eigenvalue weighted by molar-refractivity contribution is -0.159. The zero-order valence-corrected chi connectivity index (χ0v) is 8.78. The maximum absolute atomic E-state index is 11.1. The predicted octanol–water partition coefficient (Wildman–Crippen LogP) is 1.06. The first-order valence-electron chi connectivity index (χ1n) is 4.84. The molecule has 0 saturated carbocycles. The summed E-state index contributed by atoms with van der Waals surface area (Å²) in [5, 5.41) is 8.66. The summed E-state index contributed by atoms with van der Waals surface area (Å²) in [6.45, 7) is 3.46. The van der Waals surface area contributed by atoms with Crippen LogP contribution in [0, 0.1) is 0 Å². The van der Waals surface area contributed by atoms with Gasteiger partial charge in [0.05, 0.1) is 0 Å². The van der Waals surface area contributed by atoms with Crippen LogP contribution in [0.1, 0.15) is 39.5 Å². The first-order chi connectivity index (χ1) is 6.58. The molecule has 1 atom stereocenters. The van der Waals surface area contributed by atoms with Gasteiger partial charge in [-0.1, -0.05) is 6.92 Å². The summed E-state index contributed by atoms with van der Waals surface area (Å²) in [4.78, 5) is 21.5. The van der Waals surface area contributed by atoms with E-state index in [0.717, 1.165) is 6.29 Å². The van der Waals surface area contributed by atoms with Gasteiger partial charge in [-0.05, 0) is 19.8 Å². The lowest BCUT2D eigenvalue weighted by atomic mass is 9.96. The van der Waals surface area contributed by atoms with E-state index in [-0.39, 0.29) is 19.0 Å². The van der Waals surface area contributed by atoms with Crippen LogP contribution in [-0.2, 0) is 14.3 Å². The number of aliphatic hydroxyl groups excluding tert-OH is 1. The van der Waals surface area contributed by atoms with Crippen molar-refractivity contribution in [2.24, 2.45) is 0 Å². The fourth-order valence-corrected chi connectivity index (χ4v) is 1.17. The van der Waals surface area contributed by atoms with Crippen LogP contribution in [0.15, 0.2) is 0 Å². The Labute approximate surface area is 84.3 Å². The fraction of sp³-hybridized carbons (Fsp3) is 0.800. The lowest BCUT2D eigenvalue weighted by Crippen LogP contribution is -2.32. The number of esters is 1. The highest BCUT2D eigenvalue weighted by Gasteiger charge is 2.27. The highest BCUT2D eigenvalue weighted by Crippen LogP contribution is 2.21. The summed E-state index contributed by atoms with van der Waals surface area (Å²) in [6.07, 6.45) is 2.25. The van der Waals surface area contributed by atoms with E-state index in [4.69, 9.17) is 9.84 Å². The van der Waals surface area contributed by atoms with Gasteiger partial charge in [0.15, 0.2) is 0 Å². The second-order valence-corrected chi connectivity index (χ2v) is 3.48. The van der Waals surface area contributed by atoms with E-state index in [1.165, 1.54) is 0 Å². The minimum absolute atomic E-state index is 0.0398. The molecule has 0 aliphatic heterocycles. The minimum Gasteiger partial charge on any atom is -0.459 e. The average Bonchev–Trinajstić information content (AvgIpc) is 2.15. The summed E-state index contributed by atoms with van der Waals surface area (Å²) >= 11 is 0. The smallest absolute Gasteiger partial charge is 0.306 e. The van der Waals surface area contributed by atoms with Crippen molar-refractivity contribution in [3.63, 3.8) is 0 Å². The number of carbonyl (C=O) groups excluding carboxylic acids is 2. The largest absolute Gasteiger partial charge is 0.459 e. The van der Waals surface area contributed by atoms with Crippen molar-refractivity contribution in [2.45, 2.75) is 45.1 Å². The van der Waals surface area contributed by atoms with Gasteiger partial charge in [-0.15, -0.1) is 0 Å². The van der Waals surface area contributed by atoms with Crippen LogP contribution in [0.2, 0.25) is 0 Å². The fourth-order valence-electron chi connectivity index (χ4n) is 1.17. The molecule has 0 rings (SSSR count). The molecular formula is C10H18O4. The first kappa shape index (κ1) is 13.1. The minimum atomic E-state index is -0.752. The van der Waals surface area contributed by atoms with E-state index >= 15 is 0 Å². The second kappa shape index (κ2) is 6.54. The monoisotopic (exact) mass is 202 g/mol. The van der Waals surface area contributed by atoms with Gasteiger partial charge in [0, 0.05) is 19.4 Å². The molecule has 0 aliphatic rings. The van der Waals surface area contributed by atoms with Crippen LogP contribution in [0.5, 0.6) is 0 Å². The third-order valence-corrected chi connectivity index (χ3v) is 2.03. The van der Waals surface area contributed by atoms with Crippen molar-refractivity contribution < 1.29 is 19.4 Å². The molecule has 0 radical (unpaired) electrons. The molecule has 1 unspecified atom stereocenters. The van der Waals surface area contributed by atoms with Crippen molar-refractivity contribution in [3.05, 3.63) is 0 Å². The Hall–Kier alpha value is -0.900. The number of ether oxygens (including phenoxy) is 1. The molecule has 0 saturated heterocycles. The van der Waals surface area contributed by atoms with E-state index in [0.29, 0.717) is 19.3 Å². The maximum atomic E-state index is 11.1. The Morgan fingerprint density at radius 3 is 2.64 bits per heavy atom. The van der Waals surface area contributed by atoms with Crippen LogP contribution < -0.4 is 0 Å². The Morgan fingerprint density at radius 1 is 1.57 bits per heavy atom. The summed E-state index contributed by atoms with van der Waals surface area (Å²) in [7, 11) is 0. The highest BCUT2D eigenvalue weighted by atomic mass is 16.6. The van der Waals surface area contributed by atoms with Gasteiger partial charge in [0.2, 0.25) is 0 Å². The summed E-state index contributed by atoms with van der Waals surface area (Å²) in [5.74, 6) is -0.313. The quantitative estimate of drug-likeness (QED) is 0.495. The molecule has 1 N–H and O–H groups in total. The Bertz CT molecular complexity index is 191. The van der Waals surface area contributed by atoms with Crippen molar-refractivity contribution in [1.29, 1.82) is 0 Å². The third kappa shape index (κ3) is 4.97. The lowest BCUT2D eigenvalue weighted by Gasteiger charge is -2.27. The molecule has 0 aromatic heterocycles. The zero-order valence-electron chi connectivity index (χ0n) is 8.78. The molecular weight excluding hydrogens is 184 g/mol. The van der Waals surface area contributed by atoms with E-state index < -0.39 is 5.60 Å². The van der Waals surface area contributed by atoms with Crippen LogP contribution >= 0.6 is 0 Å². The van der Waals surface area contributed by atoms with Gasteiger partial charge in [0.1, 0.15) is 11.9 Å². The van der Waals surface area contributed by atoms with E-state index in [9.17, 15) is 9.59 Å². The number of hydrogen-bond acceptors (Lipinski definition) is 4. The number of aliphatic hydroxyl groups is 1. The van der Waals surface area contributed by atoms with Gasteiger partial charge in [-0.25, -0.2) is 0 Å². The maximum Gasteiger partial charge on any atom is 0.306 e. The normalized spacial score (nSPS) is 14.5. The highest BCUT2D eigenvalue weighted by molar-refractivity contribution is 5.69.